The maximum atomic E-state index is 11.6. The Balaban J connectivity index is 1.53. The van der Waals surface area contributed by atoms with Crippen LogP contribution in [0.2, 0.25) is 0 Å². The number of rotatable bonds is 4. The molecule has 2 saturated heterocycles. The Morgan fingerprint density at radius 3 is 2.82 bits per heavy atom. The van der Waals surface area contributed by atoms with Crippen molar-refractivity contribution in [3.63, 3.8) is 0 Å². The molecule has 5 nitrogen and oxygen atoms in total. The van der Waals surface area contributed by atoms with Crippen LogP contribution < -0.4 is 16.0 Å². The summed E-state index contributed by atoms with van der Waals surface area (Å²) in [6.07, 6.45) is 4.50. The first-order chi connectivity index (χ1) is 8.34. The average Bonchev–Trinajstić information content (AvgIpc) is 2.83. The summed E-state index contributed by atoms with van der Waals surface area (Å²) in [5.74, 6) is 0.770. The summed E-state index contributed by atoms with van der Waals surface area (Å²) in [7, 11) is 0. The summed E-state index contributed by atoms with van der Waals surface area (Å²) < 4.78 is 5.21. The van der Waals surface area contributed by atoms with Crippen LogP contribution in [0.1, 0.15) is 25.7 Å². The van der Waals surface area contributed by atoms with Crippen LogP contribution in [-0.2, 0) is 4.74 Å². The highest BCUT2D eigenvalue weighted by Gasteiger charge is 2.18. The van der Waals surface area contributed by atoms with E-state index in [1.807, 2.05) is 0 Å². The van der Waals surface area contributed by atoms with E-state index in [1.165, 1.54) is 12.8 Å². The molecule has 1 unspecified atom stereocenters. The van der Waals surface area contributed by atoms with Crippen molar-refractivity contribution in [2.75, 3.05) is 32.8 Å². The lowest BCUT2D eigenvalue weighted by atomic mass is 9.95. The Morgan fingerprint density at radius 2 is 2.12 bits per heavy atom. The van der Waals surface area contributed by atoms with E-state index >= 15 is 0 Å². The standard InChI is InChI=1S/C12H23N3O2/c16-12(15-11-4-8-17-9-11)14-7-3-10-1-5-13-6-2-10/h10-11,13H,1-9H2,(H2,14,15,16). The Bertz CT molecular complexity index is 236. The monoisotopic (exact) mass is 241 g/mol. The molecular formula is C12H23N3O2. The van der Waals surface area contributed by atoms with Gasteiger partial charge in [0.2, 0.25) is 0 Å². The maximum absolute atomic E-state index is 11.6. The Kier molecular flexibility index (Phi) is 5.07. The van der Waals surface area contributed by atoms with Gasteiger partial charge in [0.25, 0.3) is 0 Å². The Morgan fingerprint density at radius 1 is 1.29 bits per heavy atom. The second-order valence-electron chi connectivity index (χ2n) is 4.94. The van der Waals surface area contributed by atoms with Gasteiger partial charge in [0.15, 0.2) is 0 Å². The van der Waals surface area contributed by atoms with E-state index in [4.69, 9.17) is 4.74 Å². The van der Waals surface area contributed by atoms with Crippen molar-refractivity contribution >= 4 is 6.03 Å². The van der Waals surface area contributed by atoms with Crippen molar-refractivity contribution in [3.8, 4) is 0 Å². The summed E-state index contributed by atoms with van der Waals surface area (Å²) >= 11 is 0. The summed E-state index contributed by atoms with van der Waals surface area (Å²) in [5.41, 5.74) is 0. The molecule has 0 aromatic rings. The van der Waals surface area contributed by atoms with Gasteiger partial charge in [-0.15, -0.1) is 0 Å². The molecular weight excluding hydrogens is 218 g/mol. The minimum absolute atomic E-state index is 0.0468. The molecule has 0 aliphatic carbocycles. The Hall–Kier alpha value is -0.810. The minimum atomic E-state index is -0.0468. The zero-order chi connectivity index (χ0) is 11.9. The third-order valence-electron chi connectivity index (χ3n) is 3.56. The molecule has 2 aliphatic rings. The van der Waals surface area contributed by atoms with Crippen LogP contribution >= 0.6 is 0 Å². The molecule has 2 aliphatic heterocycles. The fourth-order valence-electron chi connectivity index (χ4n) is 2.44. The molecule has 0 radical (unpaired) electrons. The van der Waals surface area contributed by atoms with E-state index < -0.39 is 0 Å². The number of hydrogen-bond acceptors (Lipinski definition) is 3. The zero-order valence-electron chi connectivity index (χ0n) is 10.3. The number of piperidine rings is 1. The van der Waals surface area contributed by atoms with Crippen molar-refractivity contribution in [2.24, 2.45) is 5.92 Å². The van der Waals surface area contributed by atoms with Crippen molar-refractivity contribution < 1.29 is 9.53 Å². The van der Waals surface area contributed by atoms with E-state index in [1.54, 1.807) is 0 Å². The minimum Gasteiger partial charge on any atom is -0.379 e. The number of urea groups is 1. The van der Waals surface area contributed by atoms with Crippen LogP contribution in [0.3, 0.4) is 0 Å². The first-order valence-electron chi connectivity index (χ1n) is 6.67. The first kappa shape index (κ1) is 12.6. The van der Waals surface area contributed by atoms with Gasteiger partial charge in [-0.25, -0.2) is 4.79 Å². The quantitative estimate of drug-likeness (QED) is 0.670. The third kappa shape index (κ3) is 4.52. The fourth-order valence-corrected chi connectivity index (χ4v) is 2.44. The van der Waals surface area contributed by atoms with Gasteiger partial charge in [0.05, 0.1) is 12.6 Å². The summed E-state index contributed by atoms with van der Waals surface area (Å²) in [6, 6.07) is 0.156. The topological polar surface area (TPSA) is 62.4 Å². The Labute approximate surface area is 103 Å². The summed E-state index contributed by atoms with van der Waals surface area (Å²) in [4.78, 5) is 11.6. The normalized spacial score (nSPS) is 25.8. The molecule has 2 rings (SSSR count). The molecule has 98 valence electrons. The zero-order valence-corrected chi connectivity index (χ0v) is 10.3. The molecule has 2 amide bonds. The maximum Gasteiger partial charge on any atom is 0.315 e. The smallest absolute Gasteiger partial charge is 0.315 e. The molecule has 2 fully saturated rings. The van der Waals surface area contributed by atoms with Crippen LogP contribution in [0.5, 0.6) is 0 Å². The van der Waals surface area contributed by atoms with E-state index in [0.717, 1.165) is 45.0 Å². The number of carbonyl (C=O) groups is 1. The van der Waals surface area contributed by atoms with Crippen molar-refractivity contribution in [1.82, 2.24) is 16.0 Å². The molecule has 2 heterocycles. The number of ether oxygens (including phenoxy) is 1. The van der Waals surface area contributed by atoms with E-state index in [0.29, 0.717) is 6.61 Å². The summed E-state index contributed by atoms with van der Waals surface area (Å²) in [5, 5.41) is 9.21. The molecule has 3 N–H and O–H groups in total. The van der Waals surface area contributed by atoms with Gasteiger partial charge in [0.1, 0.15) is 0 Å². The fraction of sp³-hybridized carbons (Fsp3) is 0.917. The lowest BCUT2D eigenvalue weighted by Gasteiger charge is -2.22. The van der Waals surface area contributed by atoms with Crippen molar-refractivity contribution in [2.45, 2.75) is 31.7 Å². The average molecular weight is 241 g/mol. The van der Waals surface area contributed by atoms with Crippen molar-refractivity contribution in [3.05, 3.63) is 0 Å². The van der Waals surface area contributed by atoms with Crippen LogP contribution in [-0.4, -0.2) is 44.9 Å². The number of hydrogen-bond donors (Lipinski definition) is 3. The molecule has 0 bridgehead atoms. The second kappa shape index (κ2) is 6.81. The second-order valence-corrected chi connectivity index (χ2v) is 4.94. The third-order valence-corrected chi connectivity index (χ3v) is 3.56. The molecule has 0 aromatic heterocycles. The van der Waals surface area contributed by atoms with E-state index in [-0.39, 0.29) is 12.1 Å². The highest BCUT2D eigenvalue weighted by atomic mass is 16.5. The SMILES string of the molecule is O=C(NCCC1CCNCC1)NC1CCOC1. The van der Waals surface area contributed by atoms with Gasteiger partial charge in [-0.2, -0.15) is 0 Å². The highest BCUT2D eigenvalue weighted by molar-refractivity contribution is 5.74. The predicted molar refractivity (Wildman–Crippen MR) is 66.0 cm³/mol. The van der Waals surface area contributed by atoms with E-state index in [2.05, 4.69) is 16.0 Å². The number of amides is 2. The largest absolute Gasteiger partial charge is 0.379 e. The van der Waals surface area contributed by atoms with Gasteiger partial charge in [-0.3, -0.25) is 0 Å². The molecule has 1 atom stereocenters. The molecule has 0 spiro atoms. The lowest BCUT2D eigenvalue weighted by Crippen LogP contribution is -2.43. The summed E-state index contributed by atoms with van der Waals surface area (Å²) in [6.45, 7) is 4.44. The molecule has 17 heavy (non-hydrogen) atoms. The van der Waals surface area contributed by atoms with Crippen molar-refractivity contribution in [1.29, 1.82) is 0 Å². The first-order valence-corrected chi connectivity index (χ1v) is 6.67. The lowest BCUT2D eigenvalue weighted by molar-refractivity contribution is 0.188. The van der Waals surface area contributed by atoms with Gasteiger partial charge in [-0.05, 0) is 44.7 Å². The van der Waals surface area contributed by atoms with Gasteiger partial charge >= 0.3 is 6.03 Å². The van der Waals surface area contributed by atoms with Gasteiger partial charge < -0.3 is 20.7 Å². The highest BCUT2D eigenvalue weighted by Crippen LogP contribution is 2.14. The number of nitrogens with one attached hydrogen (secondary N) is 3. The van der Waals surface area contributed by atoms with Crippen LogP contribution in [0.25, 0.3) is 0 Å². The van der Waals surface area contributed by atoms with Crippen LogP contribution in [0.4, 0.5) is 4.79 Å². The van der Waals surface area contributed by atoms with Crippen LogP contribution in [0, 0.1) is 5.92 Å². The van der Waals surface area contributed by atoms with E-state index in [9.17, 15) is 4.79 Å². The molecule has 0 aromatic carbocycles. The van der Waals surface area contributed by atoms with Gasteiger partial charge in [0, 0.05) is 13.2 Å². The molecule has 5 heteroatoms. The predicted octanol–water partition coefficient (Wildman–Crippen LogP) is 0.464. The molecule has 0 saturated carbocycles. The van der Waals surface area contributed by atoms with Gasteiger partial charge in [-0.1, -0.05) is 0 Å². The number of carbonyl (C=O) groups excluding carboxylic acids is 1. The van der Waals surface area contributed by atoms with Crippen LogP contribution in [0.15, 0.2) is 0 Å².